The SMILES string of the molecule is CC(NC(C)(C)CNS(=O)(=O)c1ccc2c(c1)C(=O)N(C)C2=O)c1ccccc1. The van der Waals surface area contributed by atoms with E-state index in [1.807, 2.05) is 51.1 Å². The van der Waals surface area contributed by atoms with E-state index in [0.29, 0.717) is 0 Å². The Hall–Kier alpha value is -2.55. The van der Waals surface area contributed by atoms with Crippen molar-refractivity contribution in [1.82, 2.24) is 14.9 Å². The number of amides is 2. The third-order valence-electron chi connectivity index (χ3n) is 4.98. The van der Waals surface area contributed by atoms with Gasteiger partial charge in [0.2, 0.25) is 10.0 Å². The molecule has 2 aromatic rings. The highest BCUT2D eigenvalue weighted by Gasteiger charge is 2.34. The smallest absolute Gasteiger partial charge is 0.261 e. The van der Waals surface area contributed by atoms with Crippen molar-refractivity contribution >= 4 is 21.8 Å². The van der Waals surface area contributed by atoms with Crippen LogP contribution in [0.2, 0.25) is 0 Å². The maximum absolute atomic E-state index is 12.8. The maximum atomic E-state index is 12.8. The summed E-state index contributed by atoms with van der Waals surface area (Å²) >= 11 is 0. The topological polar surface area (TPSA) is 95.6 Å². The summed E-state index contributed by atoms with van der Waals surface area (Å²) in [5.41, 5.74) is 0.908. The maximum Gasteiger partial charge on any atom is 0.261 e. The Morgan fingerprint density at radius 2 is 1.62 bits per heavy atom. The van der Waals surface area contributed by atoms with Crippen molar-refractivity contribution in [3.8, 4) is 0 Å². The minimum Gasteiger partial charge on any atom is -0.304 e. The van der Waals surface area contributed by atoms with Gasteiger partial charge in [0.05, 0.1) is 16.0 Å². The first kappa shape index (κ1) is 21.2. The van der Waals surface area contributed by atoms with E-state index >= 15 is 0 Å². The molecule has 0 aromatic heterocycles. The van der Waals surface area contributed by atoms with Crippen LogP contribution in [0.5, 0.6) is 0 Å². The highest BCUT2D eigenvalue weighted by Crippen LogP contribution is 2.25. The van der Waals surface area contributed by atoms with E-state index in [2.05, 4.69) is 10.0 Å². The lowest BCUT2D eigenvalue weighted by atomic mass is 10.0. The lowest BCUT2D eigenvalue weighted by molar-refractivity contribution is 0.0693. The number of nitrogens with one attached hydrogen (secondary N) is 2. The van der Waals surface area contributed by atoms with Gasteiger partial charge in [-0.1, -0.05) is 30.3 Å². The molecule has 2 aromatic carbocycles. The van der Waals surface area contributed by atoms with Crippen LogP contribution in [0.4, 0.5) is 0 Å². The number of carbonyl (C=O) groups excluding carboxylic acids is 2. The number of sulfonamides is 1. The molecule has 0 aliphatic carbocycles. The summed E-state index contributed by atoms with van der Waals surface area (Å²) in [5, 5.41) is 3.42. The Morgan fingerprint density at radius 3 is 2.28 bits per heavy atom. The molecule has 7 nitrogen and oxygen atoms in total. The Bertz CT molecular complexity index is 1050. The average molecular weight is 416 g/mol. The zero-order valence-electron chi connectivity index (χ0n) is 16.9. The van der Waals surface area contributed by atoms with Gasteiger partial charge in [-0.25, -0.2) is 13.1 Å². The predicted octanol–water partition coefficient (Wildman–Crippen LogP) is 2.32. The van der Waals surface area contributed by atoms with Crippen LogP contribution in [-0.2, 0) is 10.0 Å². The van der Waals surface area contributed by atoms with Crippen LogP contribution in [0.1, 0.15) is 53.1 Å². The van der Waals surface area contributed by atoms with Gasteiger partial charge in [0.25, 0.3) is 11.8 Å². The van der Waals surface area contributed by atoms with Crippen LogP contribution < -0.4 is 10.0 Å². The monoisotopic (exact) mass is 415 g/mol. The molecule has 1 unspecified atom stereocenters. The molecule has 1 aliphatic heterocycles. The summed E-state index contributed by atoms with van der Waals surface area (Å²) in [4.78, 5) is 25.1. The first-order chi connectivity index (χ1) is 13.5. The molecule has 1 heterocycles. The molecule has 8 heteroatoms. The summed E-state index contributed by atoms with van der Waals surface area (Å²) in [5.74, 6) is -0.928. The Balaban J connectivity index is 1.72. The number of benzene rings is 2. The Kier molecular flexibility index (Phi) is 5.62. The minimum atomic E-state index is -3.85. The fourth-order valence-electron chi connectivity index (χ4n) is 3.33. The number of hydrogen-bond donors (Lipinski definition) is 2. The number of rotatable bonds is 7. The quantitative estimate of drug-likeness (QED) is 0.677. The first-order valence-electron chi connectivity index (χ1n) is 9.30. The van der Waals surface area contributed by atoms with Crippen LogP contribution >= 0.6 is 0 Å². The molecule has 0 saturated carbocycles. The van der Waals surface area contributed by atoms with E-state index in [1.54, 1.807) is 0 Å². The largest absolute Gasteiger partial charge is 0.304 e. The van der Waals surface area contributed by atoms with Crippen LogP contribution in [0.3, 0.4) is 0 Å². The second kappa shape index (κ2) is 7.70. The molecule has 1 atom stereocenters. The van der Waals surface area contributed by atoms with E-state index in [1.165, 1.54) is 25.2 Å². The summed E-state index contributed by atoms with van der Waals surface area (Å²) < 4.78 is 28.1. The zero-order valence-corrected chi connectivity index (χ0v) is 17.7. The Labute approximate surface area is 171 Å². The standard InChI is InChI=1S/C21H25N3O4S/c1-14(15-8-6-5-7-9-15)23-21(2,3)13-22-29(27,28)16-10-11-17-18(12-16)20(26)24(4)19(17)25/h5-12,14,22-23H,13H2,1-4H3. The van der Waals surface area contributed by atoms with Crippen LogP contribution in [0.15, 0.2) is 53.4 Å². The number of carbonyl (C=O) groups is 2. The molecule has 154 valence electrons. The van der Waals surface area contributed by atoms with Gasteiger partial charge in [0.15, 0.2) is 0 Å². The van der Waals surface area contributed by atoms with E-state index < -0.39 is 27.4 Å². The van der Waals surface area contributed by atoms with Crippen molar-refractivity contribution in [1.29, 1.82) is 0 Å². The first-order valence-corrected chi connectivity index (χ1v) is 10.8. The van der Waals surface area contributed by atoms with Gasteiger partial charge in [0, 0.05) is 25.2 Å². The van der Waals surface area contributed by atoms with Gasteiger partial charge >= 0.3 is 0 Å². The van der Waals surface area contributed by atoms with Crippen molar-refractivity contribution in [2.45, 2.75) is 37.2 Å². The van der Waals surface area contributed by atoms with Crippen LogP contribution in [0.25, 0.3) is 0 Å². The molecular formula is C21H25N3O4S. The molecule has 0 saturated heterocycles. The third kappa shape index (κ3) is 4.39. The molecule has 0 spiro atoms. The molecule has 0 radical (unpaired) electrons. The highest BCUT2D eigenvalue weighted by molar-refractivity contribution is 7.89. The van der Waals surface area contributed by atoms with Gasteiger partial charge < -0.3 is 5.32 Å². The second-order valence-electron chi connectivity index (χ2n) is 7.86. The number of nitrogens with zero attached hydrogens (tertiary/aromatic N) is 1. The molecule has 3 rings (SSSR count). The van der Waals surface area contributed by atoms with Gasteiger partial charge in [-0.2, -0.15) is 0 Å². The number of imide groups is 1. The van der Waals surface area contributed by atoms with Crippen LogP contribution in [0, 0.1) is 0 Å². The summed E-state index contributed by atoms with van der Waals surface area (Å²) in [6, 6.07) is 13.9. The second-order valence-corrected chi connectivity index (χ2v) is 9.63. The molecule has 2 N–H and O–H groups in total. The van der Waals surface area contributed by atoms with Gasteiger partial charge in [-0.15, -0.1) is 0 Å². The normalized spacial score (nSPS) is 15.5. The van der Waals surface area contributed by atoms with Crippen LogP contribution in [-0.4, -0.2) is 44.3 Å². The van der Waals surface area contributed by atoms with Crippen molar-refractivity contribution < 1.29 is 18.0 Å². The third-order valence-corrected chi connectivity index (χ3v) is 6.38. The highest BCUT2D eigenvalue weighted by atomic mass is 32.2. The average Bonchev–Trinajstić information content (AvgIpc) is 2.91. The molecule has 1 aliphatic rings. The fourth-order valence-corrected chi connectivity index (χ4v) is 4.57. The lowest BCUT2D eigenvalue weighted by Gasteiger charge is -2.30. The van der Waals surface area contributed by atoms with Crippen molar-refractivity contribution in [3.05, 3.63) is 65.2 Å². The molecule has 29 heavy (non-hydrogen) atoms. The molecular weight excluding hydrogens is 390 g/mol. The number of hydrogen-bond acceptors (Lipinski definition) is 5. The summed E-state index contributed by atoms with van der Waals surface area (Å²) in [6.45, 7) is 5.99. The van der Waals surface area contributed by atoms with E-state index in [0.717, 1.165) is 10.5 Å². The fraction of sp³-hybridized carbons (Fsp3) is 0.333. The minimum absolute atomic E-state index is 0.0369. The summed E-state index contributed by atoms with van der Waals surface area (Å²) in [7, 11) is -2.47. The van der Waals surface area contributed by atoms with Crippen molar-refractivity contribution in [2.24, 2.45) is 0 Å². The van der Waals surface area contributed by atoms with Crippen molar-refractivity contribution in [3.63, 3.8) is 0 Å². The van der Waals surface area contributed by atoms with Gasteiger partial charge in [0.1, 0.15) is 0 Å². The Morgan fingerprint density at radius 1 is 1.00 bits per heavy atom. The van der Waals surface area contributed by atoms with Gasteiger partial charge in [-0.3, -0.25) is 14.5 Å². The predicted molar refractivity (Wildman–Crippen MR) is 110 cm³/mol. The molecule has 0 bridgehead atoms. The molecule has 0 fully saturated rings. The summed E-state index contributed by atoms with van der Waals surface area (Å²) in [6.07, 6.45) is 0. The van der Waals surface area contributed by atoms with E-state index in [-0.39, 0.29) is 28.6 Å². The lowest BCUT2D eigenvalue weighted by Crippen LogP contribution is -2.49. The van der Waals surface area contributed by atoms with Crippen molar-refractivity contribution in [2.75, 3.05) is 13.6 Å². The zero-order chi connectivity index (χ0) is 21.4. The van der Waals surface area contributed by atoms with Gasteiger partial charge in [-0.05, 0) is 44.5 Å². The van der Waals surface area contributed by atoms with E-state index in [4.69, 9.17) is 0 Å². The van der Waals surface area contributed by atoms with E-state index in [9.17, 15) is 18.0 Å². The number of fused-ring (bicyclic) bond motifs is 1. The molecule has 2 amide bonds.